The zero-order chi connectivity index (χ0) is 28.3. The number of rotatable bonds is 9. The number of piperidine rings is 1. The minimum absolute atomic E-state index is 0.0910. The maximum absolute atomic E-state index is 12.8. The predicted octanol–water partition coefficient (Wildman–Crippen LogP) is 3.10. The van der Waals surface area contributed by atoms with Crippen LogP contribution in [-0.2, 0) is 20.9 Å². The van der Waals surface area contributed by atoms with Crippen LogP contribution in [0, 0.1) is 11.8 Å². The number of allylic oxidation sites excluding steroid dienone is 2. The Hall–Kier alpha value is -3.70. The Morgan fingerprint density at radius 3 is 2.65 bits per heavy atom. The highest BCUT2D eigenvalue weighted by Crippen LogP contribution is 2.47. The van der Waals surface area contributed by atoms with Crippen LogP contribution in [-0.4, -0.2) is 51.9 Å². The Morgan fingerprint density at radius 1 is 1.15 bits per heavy atom. The number of aromatic nitrogens is 1. The van der Waals surface area contributed by atoms with Crippen molar-refractivity contribution in [2.24, 2.45) is 0 Å². The molecule has 0 aromatic carbocycles. The third kappa shape index (κ3) is 6.05. The summed E-state index contributed by atoms with van der Waals surface area (Å²) in [4.78, 5) is 50.6. The second-order valence-corrected chi connectivity index (χ2v) is 11.5. The van der Waals surface area contributed by atoms with Gasteiger partial charge in [0, 0.05) is 61.4 Å². The summed E-state index contributed by atoms with van der Waals surface area (Å²) in [6.07, 6.45) is 12.4. The average Bonchev–Trinajstić information content (AvgIpc) is 3.47. The second kappa shape index (κ2) is 11.8. The SMILES string of the molecule is C=C/C(C#CCCCCCCn1ccc(C2CNC3(CC3)C2)cc1=O)=C1/CN(C2CCC(=O)NC2=O)C(=O)C1=C. The van der Waals surface area contributed by atoms with E-state index in [0.29, 0.717) is 41.0 Å². The van der Waals surface area contributed by atoms with E-state index in [1.54, 1.807) is 6.08 Å². The maximum Gasteiger partial charge on any atom is 0.254 e. The highest BCUT2D eigenvalue weighted by molar-refractivity contribution is 6.06. The molecule has 2 unspecified atom stereocenters. The molecule has 4 aliphatic rings. The third-order valence-corrected chi connectivity index (χ3v) is 8.71. The molecule has 210 valence electrons. The van der Waals surface area contributed by atoms with Crippen molar-refractivity contribution < 1.29 is 14.4 Å². The zero-order valence-corrected chi connectivity index (χ0v) is 23.1. The van der Waals surface area contributed by atoms with Gasteiger partial charge >= 0.3 is 0 Å². The summed E-state index contributed by atoms with van der Waals surface area (Å²) >= 11 is 0. The molecule has 0 radical (unpaired) electrons. The van der Waals surface area contributed by atoms with Gasteiger partial charge in [0.2, 0.25) is 11.8 Å². The number of carbonyl (C=O) groups excluding carboxylic acids is 3. The van der Waals surface area contributed by atoms with E-state index in [1.807, 2.05) is 16.8 Å². The van der Waals surface area contributed by atoms with Crippen LogP contribution < -0.4 is 16.2 Å². The first kappa shape index (κ1) is 27.9. The number of carbonyl (C=O) groups is 3. The number of unbranched alkanes of at least 4 members (excludes halogenated alkanes) is 4. The molecule has 1 spiro atoms. The highest BCUT2D eigenvalue weighted by atomic mass is 16.2. The Kier molecular flexibility index (Phi) is 8.22. The molecular weight excluding hydrogens is 504 g/mol. The fourth-order valence-corrected chi connectivity index (χ4v) is 6.06. The first-order valence-electron chi connectivity index (χ1n) is 14.4. The fourth-order valence-electron chi connectivity index (χ4n) is 6.06. The molecule has 8 nitrogen and oxygen atoms in total. The first-order chi connectivity index (χ1) is 19.3. The van der Waals surface area contributed by atoms with Gasteiger partial charge in [-0.05, 0) is 61.6 Å². The van der Waals surface area contributed by atoms with Gasteiger partial charge in [0.1, 0.15) is 6.04 Å². The summed E-state index contributed by atoms with van der Waals surface area (Å²) in [6.45, 7) is 9.71. The van der Waals surface area contributed by atoms with Crippen LogP contribution in [0.4, 0.5) is 0 Å². The fraction of sp³-hybridized carbons (Fsp3) is 0.500. The molecule has 0 bridgehead atoms. The lowest BCUT2D eigenvalue weighted by Gasteiger charge is -2.28. The van der Waals surface area contributed by atoms with Gasteiger partial charge in [0.25, 0.3) is 11.5 Å². The van der Waals surface area contributed by atoms with Gasteiger partial charge in [0.05, 0.1) is 0 Å². The van der Waals surface area contributed by atoms with E-state index >= 15 is 0 Å². The molecule has 3 aliphatic heterocycles. The van der Waals surface area contributed by atoms with Crippen molar-refractivity contribution in [2.45, 2.75) is 88.3 Å². The van der Waals surface area contributed by atoms with Crippen molar-refractivity contribution in [1.82, 2.24) is 20.1 Å². The van der Waals surface area contributed by atoms with Gasteiger partial charge < -0.3 is 14.8 Å². The smallest absolute Gasteiger partial charge is 0.254 e. The van der Waals surface area contributed by atoms with Crippen molar-refractivity contribution in [3.05, 3.63) is 70.2 Å². The van der Waals surface area contributed by atoms with E-state index in [-0.39, 0.29) is 30.3 Å². The predicted molar refractivity (Wildman–Crippen MR) is 153 cm³/mol. The number of hydrogen-bond donors (Lipinski definition) is 2. The quantitative estimate of drug-likeness (QED) is 0.216. The molecular formula is C32H38N4O4. The molecule has 3 saturated heterocycles. The van der Waals surface area contributed by atoms with Crippen LogP contribution in [0.25, 0.3) is 0 Å². The molecule has 1 aliphatic carbocycles. The van der Waals surface area contributed by atoms with Gasteiger partial charge in [-0.15, -0.1) is 0 Å². The van der Waals surface area contributed by atoms with E-state index in [0.717, 1.165) is 45.2 Å². The van der Waals surface area contributed by atoms with Crippen molar-refractivity contribution in [1.29, 1.82) is 0 Å². The standard InChI is InChI=1S/C32H38N4O4/c1-3-23(26-21-36(31(40)22(26)2)27-11-12-28(37)34-30(27)39)10-8-6-4-5-7-9-16-35-17-13-24(18-29(35)38)25-19-32(14-15-32)33-20-25/h3,13,17-18,25,27,33H,1-2,4-7,9,11-12,14-16,19-21H2,(H,34,37,39)/b26-23+. The minimum Gasteiger partial charge on any atom is -0.322 e. The highest BCUT2D eigenvalue weighted by Gasteiger charge is 2.48. The van der Waals surface area contributed by atoms with Crippen molar-refractivity contribution in [3.8, 4) is 11.8 Å². The number of nitrogens with zero attached hydrogens (tertiary/aromatic N) is 2. The second-order valence-electron chi connectivity index (χ2n) is 11.5. The molecule has 40 heavy (non-hydrogen) atoms. The Labute approximate surface area is 235 Å². The summed E-state index contributed by atoms with van der Waals surface area (Å²) in [5, 5.41) is 5.94. The zero-order valence-electron chi connectivity index (χ0n) is 23.1. The molecule has 2 atom stereocenters. The van der Waals surface area contributed by atoms with Crippen LogP contribution in [0.2, 0.25) is 0 Å². The van der Waals surface area contributed by atoms with Crippen LogP contribution >= 0.6 is 0 Å². The van der Waals surface area contributed by atoms with E-state index in [4.69, 9.17) is 0 Å². The average molecular weight is 543 g/mol. The lowest BCUT2D eigenvalue weighted by Crippen LogP contribution is -2.52. The number of nitrogens with one attached hydrogen (secondary N) is 2. The van der Waals surface area contributed by atoms with Gasteiger partial charge in [-0.3, -0.25) is 24.5 Å². The topological polar surface area (TPSA) is 101 Å². The van der Waals surface area contributed by atoms with E-state index in [2.05, 4.69) is 41.7 Å². The Balaban J connectivity index is 1.05. The number of hydrogen-bond acceptors (Lipinski definition) is 5. The summed E-state index contributed by atoms with van der Waals surface area (Å²) < 4.78 is 1.81. The molecule has 4 fully saturated rings. The monoisotopic (exact) mass is 542 g/mol. The van der Waals surface area contributed by atoms with Crippen molar-refractivity contribution in [3.63, 3.8) is 0 Å². The van der Waals surface area contributed by atoms with E-state index < -0.39 is 11.9 Å². The number of pyridine rings is 1. The molecule has 5 rings (SSSR count). The molecule has 3 amide bonds. The van der Waals surface area contributed by atoms with Crippen LogP contribution in [0.3, 0.4) is 0 Å². The Bertz CT molecular complexity index is 1390. The van der Waals surface area contributed by atoms with Gasteiger partial charge in [-0.1, -0.05) is 43.9 Å². The lowest BCUT2D eigenvalue weighted by atomic mass is 9.96. The van der Waals surface area contributed by atoms with E-state index in [1.165, 1.54) is 23.3 Å². The molecule has 1 saturated carbocycles. The molecule has 1 aromatic rings. The number of amides is 3. The summed E-state index contributed by atoms with van der Waals surface area (Å²) in [7, 11) is 0. The maximum atomic E-state index is 12.8. The third-order valence-electron chi connectivity index (χ3n) is 8.71. The van der Waals surface area contributed by atoms with E-state index in [9.17, 15) is 19.2 Å². The minimum atomic E-state index is -0.674. The number of likely N-dealkylation sites (tertiary alicyclic amines) is 1. The summed E-state index contributed by atoms with van der Waals surface area (Å²) in [5.41, 5.74) is 3.29. The van der Waals surface area contributed by atoms with Crippen molar-refractivity contribution in [2.75, 3.05) is 13.1 Å². The van der Waals surface area contributed by atoms with Crippen LogP contribution in [0.1, 0.15) is 75.7 Å². The number of aryl methyl sites for hydroxylation is 1. The van der Waals surface area contributed by atoms with Crippen LogP contribution in [0.5, 0.6) is 0 Å². The van der Waals surface area contributed by atoms with Gasteiger partial charge in [-0.25, -0.2) is 0 Å². The number of imide groups is 1. The largest absolute Gasteiger partial charge is 0.322 e. The molecule has 4 heterocycles. The Morgan fingerprint density at radius 2 is 1.95 bits per heavy atom. The first-order valence-corrected chi connectivity index (χ1v) is 14.4. The summed E-state index contributed by atoms with van der Waals surface area (Å²) in [5.74, 6) is 5.71. The molecule has 8 heteroatoms. The van der Waals surface area contributed by atoms with Gasteiger partial charge in [-0.2, -0.15) is 0 Å². The van der Waals surface area contributed by atoms with Gasteiger partial charge in [0.15, 0.2) is 0 Å². The van der Waals surface area contributed by atoms with Crippen molar-refractivity contribution >= 4 is 17.7 Å². The normalized spacial score (nSPS) is 24.6. The molecule has 2 N–H and O–H groups in total. The lowest BCUT2D eigenvalue weighted by molar-refractivity contribution is -0.142. The summed E-state index contributed by atoms with van der Waals surface area (Å²) in [6, 6.07) is 3.27. The van der Waals surface area contributed by atoms with Crippen LogP contribution in [0.15, 0.2) is 59.1 Å². The molecule has 1 aromatic heterocycles.